The van der Waals surface area contributed by atoms with E-state index in [2.05, 4.69) is 5.32 Å². The minimum atomic E-state index is -0.171. The molecule has 6 heteroatoms. The Bertz CT molecular complexity index is 490. The van der Waals surface area contributed by atoms with Crippen LogP contribution in [0, 0.1) is 0 Å². The van der Waals surface area contributed by atoms with Gasteiger partial charge in [-0.2, -0.15) is 0 Å². The van der Waals surface area contributed by atoms with Crippen molar-refractivity contribution in [3.05, 3.63) is 29.8 Å². The second kappa shape index (κ2) is 10.9. The Morgan fingerprint density at radius 2 is 2.14 bits per heavy atom. The van der Waals surface area contributed by atoms with Crippen LogP contribution in [-0.4, -0.2) is 32.2 Å². The van der Waals surface area contributed by atoms with Crippen molar-refractivity contribution in [1.29, 1.82) is 0 Å². The third-order valence-electron chi connectivity index (χ3n) is 2.83. The van der Waals surface area contributed by atoms with Crippen LogP contribution in [0.3, 0.4) is 0 Å². The minimum Gasteiger partial charge on any atom is -0.493 e. The lowest BCUT2D eigenvalue weighted by Gasteiger charge is -2.12. The zero-order valence-corrected chi connectivity index (χ0v) is 14.1. The molecule has 0 aromatic heterocycles. The number of halogens is 1. The molecule has 1 amide bonds. The first kappa shape index (κ1) is 20.3. The van der Waals surface area contributed by atoms with Gasteiger partial charge in [-0.1, -0.05) is 18.2 Å². The number of hydrogen-bond acceptors (Lipinski definition) is 4. The molecule has 0 radical (unpaired) electrons. The van der Waals surface area contributed by atoms with Crippen molar-refractivity contribution in [3.63, 3.8) is 0 Å². The number of carbonyl (C=O) groups is 1. The van der Waals surface area contributed by atoms with Gasteiger partial charge in [-0.3, -0.25) is 4.79 Å². The minimum absolute atomic E-state index is 0. The van der Waals surface area contributed by atoms with Gasteiger partial charge >= 0.3 is 0 Å². The molecule has 0 spiro atoms. The highest BCUT2D eigenvalue weighted by Crippen LogP contribution is 2.28. The van der Waals surface area contributed by atoms with Crippen LogP contribution in [0.15, 0.2) is 24.3 Å². The maximum atomic E-state index is 11.6. The van der Waals surface area contributed by atoms with Gasteiger partial charge in [0.05, 0.1) is 7.11 Å². The number of allylic oxidation sites excluding steroid dienone is 1. The maximum absolute atomic E-state index is 11.6. The molecule has 22 heavy (non-hydrogen) atoms. The van der Waals surface area contributed by atoms with Crippen LogP contribution >= 0.6 is 12.4 Å². The van der Waals surface area contributed by atoms with Gasteiger partial charge in [0.1, 0.15) is 0 Å². The number of nitrogens with one attached hydrogen (secondary N) is 1. The van der Waals surface area contributed by atoms with Gasteiger partial charge in [0.25, 0.3) is 5.91 Å². The molecule has 0 saturated carbocycles. The molecule has 0 aliphatic carbocycles. The highest BCUT2D eigenvalue weighted by atomic mass is 35.5. The number of ether oxygens (including phenoxy) is 2. The number of amides is 1. The Balaban J connectivity index is 0.00000441. The summed E-state index contributed by atoms with van der Waals surface area (Å²) in [5.41, 5.74) is 6.63. The molecule has 0 aliphatic heterocycles. The SMILES string of the molecule is C/C=C/c1ccc(OCC(=O)NCCC(C)N)c(OC)c1.Cl. The zero-order chi connectivity index (χ0) is 15.7. The van der Waals surface area contributed by atoms with E-state index in [1.54, 1.807) is 13.2 Å². The molecule has 0 fully saturated rings. The summed E-state index contributed by atoms with van der Waals surface area (Å²) in [6.45, 7) is 4.36. The van der Waals surface area contributed by atoms with E-state index in [1.807, 2.05) is 38.1 Å². The second-order valence-corrected chi connectivity index (χ2v) is 4.81. The number of carbonyl (C=O) groups excluding carboxylic acids is 1. The van der Waals surface area contributed by atoms with Crippen LogP contribution in [0.4, 0.5) is 0 Å². The lowest BCUT2D eigenvalue weighted by Crippen LogP contribution is -2.32. The van der Waals surface area contributed by atoms with Crippen LogP contribution in [0.1, 0.15) is 25.8 Å². The quantitative estimate of drug-likeness (QED) is 0.768. The summed E-state index contributed by atoms with van der Waals surface area (Å²) < 4.78 is 10.8. The van der Waals surface area contributed by atoms with E-state index >= 15 is 0 Å². The monoisotopic (exact) mass is 328 g/mol. The fourth-order valence-corrected chi connectivity index (χ4v) is 1.73. The van der Waals surface area contributed by atoms with Gasteiger partial charge in [-0.15, -0.1) is 12.4 Å². The van der Waals surface area contributed by atoms with Crippen molar-refractivity contribution in [1.82, 2.24) is 5.32 Å². The molecule has 1 atom stereocenters. The van der Waals surface area contributed by atoms with Crippen LogP contribution in [-0.2, 0) is 4.79 Å². The van der Waals surface area contributed by atoms with Gasteiger partial charge in [0.2, 0.25) is 0 Å². The molecular weight excluding hydrogens is 304 g/mol. The molecule has 1 unspecified atom stereocenters. The van der Waals surface area contributed by atoms with E-state index in [-0.39, 0.29) is 31.0 Å². The second-order valence-electron chi connectivity index (χ2n) is 4.81. The van der Waals surface area contributed by atoms with Crippen molar-refractivity contribution < 1.29 is 14.3 Å². The fraction of sp³-hybridized carbons (Fsp3) is 0.438. The van der Waals surface area contributed by atoms with E-state index < -0.39 is 0 Å². The van der Waals surface area contributed by atoms with Crippen molar-refractivity contribution >= 4 is 24.4 Å². The van der Waals surface area contributed by atoms with Crippen LogP contribution in [0.5, 0.6) is 11.5 Å². The predicted octanol–water partition coefficient (Wildman–Crippen LogP) is 2.38. The number of rotatable bonds is 8. The summed E-state index contributed by atoms with van der Waals surface area (Å²) in [6.07, 6.45) is 4.65. The smallest absolute Gasteiger partial charge is 0.257 e. The van der Waals surface area contributed by atoms with E-state index in [4.69, 9.17) is 15.2 Å². The van der Waals surface area contributed by atoms with Gasteiger partial charge < -0.3 is 20.5 Å². The molecule has 0 heterocycles. The molecule has 124 valence electrons. The molecule has 0 bridgehead atoms. The summed E-state index contributed by atoms with van der Waals surface area (Å²) >= 11 is 0. The summed E-state index contributed by atoms with van der Waals surface area (Å²) in [4.78, 5) is 11.6. The van der Waals surface area contributed by atoms with Gasteiger partial charge in [-0.05, 0) is 38.0 Å². The lowest BCUT2D eigenvalue weighted by atomic mass is 10.2. The molecule has 0 saturated heterocycles. The highest BCUT2D eigenvalue weighted by Gasteiger charge is 2.08. The number of hydrogen-bond donors (Lipinski definition) is 2. The molecule has 0 aliphatic rings. The van der Waals surface area contributed by atoms with E-state index in [9.17, 15) is 4.79 Å². The first-order chi connectivity index (χ1) is 10.1. The average molecular weight is 329 g/mol. The fourth-order valence-electron chi connectivity index (χ4n) is 1.73. The van der Waals surface area contributed by atoms with Gasteiger partial charge in [0, 0.05) is 12.6 Å². The first-order valence-corrected chi connectivity index (χ1v) is 7.02. The van der Waals surface area contributed by atoms with Gasteiger partial charge in [-0.25, -0.2) is 0 Å². The Labute approximate surface area is 138 Å². The lowest BCUT2D eigenvalue weighted by molar-refractivity contribution is -0.123. The third-order valence-corrected chi connectivity index (χ3v) is 2.83. The molecule has 3 N–H and O–H groups in total. The normalized spacial score (nSPS) is 11.6. The Morgan fingerprint density at radius 3 is 2.73 bits per heavy atom. The predicted molar refractivity (Wildman–Crippen MR) is 91.7 cm³/mol. The van der Waals surface area contributed by atoms with Crippen LogP contribution < -0.4 is 20.5 Å². The van der Waals surface area contributed by atoms with Crippen LogP contribution in [0.25, 0.3) is 6.08 Å². The molecule has 5 nitrogen and oxygen atoms in total. The van der Waals surface area contributed by atoms with Crippen molar-refractivity contribution in [2.24, 2.45) is 5.73 Å². The molecular formula is C16H25ClN2O3. The number of methoxy groups -OCH3 is 1. The molecule has 1 aromatic rings. The first-order valence-electron chi connectivity index (χ1n) is 7.02. The maximum Gasteiger partial charge on any atom is 0.257 e. The molecule has 1 aromatic carbocycles. The van der Waals surface area contributed by atoms with Gasteiger partial charge in [0.15, 0.2) is 18.1 Å². The summed E-state index contributed by atoms with van der Waals surface area (Å²) in [6, 6.07) is 5.64. The van der Waals surface area contributed by atoms with E-state index in [1.165, 1.54) is 0 Å². The molecule has 1 rings (SSSR count). The number of benzene rings is 1. The van der Waals surface area contributed by atoms with Crippen molar-refractivity contribution in [3.8, 4) is 11.5 Å². The Kier molecular flexibility index (Phi) is 10.1. The van der Waals surface area contributed by atoms with E-state index in [0.717, 1.165) is 12.0 Å². The summed E-state index contributed by atoms with van der Waals surface area (Å²) in [5, 5.41) is 2.76. The number of nitrogens with two attached hydrogens (primary N) is 1. The summed E-state index contributed by atoms with van der Waals surface area (Å²) in [5.74, 6) is 0.984. The third kappa shape index (κ3) is 7.33. The highest BCUT2D eigenvalue weighted by molar-refractivity contribution is 5.85. The van der Waals surface area contributed by atoms with Crippen LogP contribution in [0.2, 0.25) is 0 Å². The van der Waals surface area contributed by atoms with E-state index in [0.29, 0.717) is 18.0 Å². The average Bonchev–Trinajstić information content (AvgIpc) is 2.45. The summed E-state index contributed by atoms with van der Waals surface area (Å²) in [7, 11) is 1.57. The topological polar surface area (TPSA) is 73.6 Å². The Hall–Kier alpha value is -1.72. The van der Waals surface area contributed by atoms with Crippen molar-refractivity contribution in [2.75, 3.05) is 20.3 Å². The zero-order valence-electron chi connectivity index (χ0n) is 13.3. The Morgan fingerprint density at radius 1 is 1.41 bits per heavy atom. The standard InChI is InChI=1S/C16H24N2O3.ClH/c1-4-5-13-6-7-14(15(10-13)20-3)21-11-16(19)18-9-8-12(2)17;/h4-7,10,12H,8-9,11,17H2,1-3H3,(H,18,19);1H/b5-4+;. The van der Waals surface area contributed by atoms with Crippen molar-refractivity contribution in [2.45, 2.75) is 26.3 Å². The largest absolute Gasteiger partial charge is 0.493 e.